The minimum Gasteiger partial charge on any atom is -0.461 e. The van der Waals surface area contributed by atoms with Gasteiger partial charge in [-0.1, -0.05) is 19.1 Å². The zero-order valence-corrected chi connectivity index (χ0v) is 17.6. The highest BCUT2D eigenvalue weighted by Crippen LogP contribution is 2.16. The number of amides is 1. The van der Waals surface area contributed by atoms with Crippen molar-refractivity contribution < 1.29 is 19.1 Å². The molecule has 0 aliphatic carbocycles. The Morgan fingerprint density at radius 3 is 2.50 bits per heavy atom. The van der Waals surface area contributed by atoms with E-state index < -0.39 is 5.97 Å². The van der Waals surface area contributed by atoms with Crippen LogP contribution in [0.5, 0.6) is 0 Å². The molecule has 0 unspecified atom stereocenters. The summed E-state index contributed by atoms with van der Waals surface area (Å²) in [6.07, 6.45) is 1.67. The summed E-state index contributed by atoms with van der Waals surface area (Å²) in [6, 6.07) is 7.69. The maximum atomic E-state index is 13.0. The molecule has 7 heteroatoms. The van der Waals surface area contributed by atoms with Crippen LogP contribution in [0.15, 0.2) is 29.6 Å². The summed E-state index contributed by atoms with van der Waals surface area (Å²) in [7, 11) is 0. The lowest BCUT2D eigenvalue weighted by atomic mass is 10.1. The first-order chi connectivity index (χ1) is 13.6. The Bertz CT molecular complexity index is 758. The van der Waals surface area contributed by atoms with E-state index in [9.17, 15) is 9.59 Å². The lowest BCUT2D eigenvalue weighted by Gasteiger charge is -2.22. The molecule has 1 heterocycles. The number of aromatic nitrogens is 1. The van der Waals surface area contributed by atoms with Crippen LogP contribution in [-0.4, -0.2) is 48.1 Å². The summed E-state index contributed by atoms with van der Waals surface area (Å²) in [5, 5.41) is 2.38. The van der Waals surface area contributed by atoms with Crippen LogP contribution in [0.1, 0.15) is 58.6 Å². The average molecular weight is 405 g/mol. The first-order valence-electron chi connectivity index (χ1n) is 9.66. The highest BCUT2D eigenvalue weighted by Gasteiger charge is 2.19. The fraction of sp³-hybridized carbons (Fsp3) is 0.476. The van der Waals surface area contributed by atoms with Gasteiger partial charge in [0.1, 0.15) is 5.01 Å². The van der Waals surface area contributed by atoms with Crippen molar-refractivity contribution in [3.63, 3.8) is 0 Å². The summed E-state index contributed by atoms with van der Waals surface area (Å²) in [5.41, 5.74) is 2.13. The Labute approximate surface area is 170 Å². The summed E-state index contributed by atoms with van der Waals surface area (Å²) >= 11 is 1.36. The zero-order valence-electron chi connectivity index (χ0n) is 16.8. The molecule has 0 atom stereocenters. The molecule has 1 amide bonds. The van der Waals surface area contributed by atoms with E-state index >= 15 is 0 Å². The number of hydrogen-bond donors (Lipinski definition) is 0. The summed E-state index contributed by atoms with van der Waals surface area (Å²) < 4.78 is 10.4. The highest BCUT2D eigenvalue weighted by molar-refractivity contribution is 7.09. The fourth-order valence-electron chi connectivity index (χ4n) is 2.67. The summed E-state index contributed by atoms with van der Waals surface area (Å²) in [4.78, 5) is 30.9. The van der Waals surface area contributed by atoms with Gasteiger partial charge in [0, 0.05) is 30.7 Å². The number of esters is 1. The van der Waals surface area contributed by atoms with Crippen molar-refractivity contribution in [3.8, 4) is 0 Å². The third-order valence-corrected chi connectivity index (χ3v) is 5.01. The van der Waals surface area contributed by atoms with Crippen molar-refractivity contribution in [2.75, 3.05) is 26.4 Å². The number of carbonyl (C=O) groups is 2. The molecule has 2 rings (SSSR count). The normalized spacial score (nSPS) is 10.7. The van der Waals surface area contributed by atoms with Crippen molar-refractivity contribution in [2.45, 2.75) is 40.2 Å². The maximum absolute atomic E-state index is 13.0. The molecule has 0 aliphatic rings. The Morgan fingerprint density at radius 2 is 1.86 bits per heavy atom. The Morgan fingerprint density at radius 1 is 1.11 bits per heavy atom. The van der Waals surface area contributed by atoms with E-state index in [1.807, 2.05) is 31.2 Å². The molecule has 2 aromatic rings. The second kappa shape index (κ2) is 11.6. The van der Waals surface area contributed by atoms with Crippen LogP contribution in [0.3, 0.4) is 0 Å². The molecule has 0 N–H and O–H groups in total. The van der Waals surface area contributed by atoms with Crippen LogP contribution < -0.4 is 0 Å². The van der Waals surface area contributed by atoms with Crippen LogP contribution in [0.25, 0.3) is 0 Å². The second-order valence-electron chi connectivity index (χ2n) is 6.17. The number of thiazole rings is 1. The van der Waals surface area contributed by atoms with Gasteiger partial charge in [0.25, 0.3) is 5.91 Å². The molecule has 0 bridgehead atoms. The van der Waals surface area contributed by atoms with Crippen LogP contribution in [-0.2, 0) is 22.4 Å². The van der Waals surface area contributed by atoms with Crippen LogP contribution >= 0.6 is 11.3 Å². The molecule has 28 heavy (non-hydrogen) atoms. The molecular weight excluding hydrogens is 376 g/mol. The fourth-order valence-corrected chi connectivity index (χ4v) is 3.44. The van der Waals surface area contributed by atoms with Gasteiger partial charge in [-0.25, -0.2) is 9.78 Å². The molecule has 0 aliphatic heterocycles. The minimum absolute atomic E-state index is 0.0490. The quantitative estimate of drug-likeness (QED) is 0.419. The van der Waals surface area contributed by atoms with E-state index in [-0.39, 0.29) is 11.6 Å². The standard InChI is InChI=1S/C21H28N2O4S/c1-4-16-8-10-17(11-9-16)20(24)23(12-7-13-26-5-2)14-19-22-18(15-28-19)21(25)27-6-3/h8-11,15H,4-7,12-14H2,1-3H3. The molecule has 0 saturated heterocycles. The number of nitrogens with zero attached hydrogens (tertiary/aromatic N) is 2. The summed E-state index contributed by atoms with van der Waals surface area (Å²) in [6.45, 7) is 8.26. The number of ether oxygens (including phenoxy) is 2. The van der Waals surface area contributed by atoms with Crippen molar-refractivity contribution in [1.82, 2.24) is 9.88 Å². The average Bonchev–Trinajstić information content (AvgIpc) is 3.19. The highest BCUT2D eigenvalue weighted by atomic mass is 32.1. The molecule has 0 radical (unpaired) electrons. The van der Waals surface area contributed by atoms with Gasteiger partial charge in [-0.15, -0.1) is 11.3 Å². The molecule has 1 aromatic carbocycles. The van der Waals surface area contributed by atoms with Gasteiger partial charge < -0.3 is 14.4 Å². The van der Waals surface area contributed by atoms with Crippen LogP contribution in [0.4, 0.5) is 0 Å². The first-order valence-corrected chi connectivity index (χ1v) is 10.5. The van der Waals surface area contributed by atoms with Gasteiger partial charge in [0.2, 0.25) is 0 Å². The number of carbonyl (C=O) groups excluding carboxylic acids is 2. The molecule has 0 fully saturated rings. The third-order valence-electron chi connectivity index (χ3n) is 4.18. The van der Waals surface area contributed by atoms with E-state index in [0.29, 0.717) is 43.5 Å². The van der Waals surface area contributed by atoms with Gasteiger partial charge in [-0.2, -0.15) is 0 Å². The molecule has 0 spiro atoms. The summed E-state index contributed by atoms with van der Waals surface area (Å²) in [5.74, 6) is -0.485. The number of aryl methyl sites for hydroxylation is 1. The van der Waals surface area contributed by atoms with Gasteiger partial charge >= 0.3 is 5.97 Å². The predicted octanol–water partition coefficient (Wildman–Crippen LogP) is 3.95. The molecular formula is C21H28N2O4S. The molecule has 1 aromatic heterocycles. The van der Waals surface area contributed by atoms with Gasteiger partial charge in [-0.05, 0) is 44.4 Å². The van der Waals surface area contributed by atoms with E-state index in [4.69, 9.17) is 9.47 Å². The Hall–Kier alpha value is -2.25. The van der Waals surface area contributed by atoms with Gasteiger partial charge in [0.15, 0.2) is 5.69 Å². The Kier molecular flexibility index (Phi) is 9.10. The minimum atomic E-state index is -0.436. The monoisotopic (exact) mass is 404 g/mol. The van der Waals surface area contributed by atoms with E-state index in [2.05, 4.69) is 11.9 Å². The number of benzene rings is 1. The van der Waals surface area contributed by atoms with Crippen molar-refractivity contribution in [2.24, 2.45) is 0 Å². The van der Waals surface area contributed by atoms with Crippen molar-refractivity contribution in [1.29, 1.82) is 0 Å². The zero-order chi connectivity index (χ0) is 20.4. The smallest absolute Gasteiger partial charge is 0.357 e. The van der Waals surface area contributed by atoms with Gasteiger partial charge in [0.05, 0.1) is 13.2 Å². The number of rotatable bonds is 11. The SMILES string of the molecule is CCOCCCN(Cc1nc(C(=O)OCC)cs1)C(=O)c1ccc(CC)cc1. The third kappa shape index (κ3) is 6.42. The second-order valence-corrected chi connectivity index (χ2v) is 7.12. The van der Waals surface area contributed by atoms with E-state index in [1.54, 1.807) is 17.2 Å². The van der Waals surface area contributed by atoms with Crippen molar-refractivity contribution in [3.05, 3.63) is 51.5 Å². The van der Waals surface area contributed by atoms with Gasteiger partial charge in [-0.3, -0.25) is 4.79 Å². The first kappa shape index (κ1) is 22.0. The largest absolute Gasteiger partial charge is 0.461 e. The van der Waals surface area contributed by atoms with E-state index in [1.165, 1.54) is 16.9 Å². The molecule has 6 nitrogen and oxygen atoms in total. The maximum Gasteiger partial charge on any atom is 0.357 e. The van der Waals surface area contributed by atoms with E-state index in [0.717, 1.165) is 12.8 Å². The topological polar surface area (TPSA) is 68.7 Å². The number of hydrogen-bond acceptors (Lipinski definition) is 6. The lowest BCUT2D eigenvalue weighted by Crippen LogP contribution is -2.32. The predicted molar refractivity (Wildman–Crippen MR) is 110 cm³/mol. The molecule has 0 saturated carbocycles. The van der Waals surface area contributed by atoms with Crippen molar-refractivity contribution >= 4 is 23.2 Å². The molecule has 152 valence electrons. The lowest BCUT2D eigenvalue weighted by molar-refractivity contribution is 0.0520. The van der Waals surface area contributed by atoms with Crippen LogP contribution in [0.2, 0.25) is 0 Å². The van der Waals surface area contributed by atoms with Crippen LogP contribution in [0, 0.1) is 0 Å². The Balaban J connectivity index is 2.11.